The minimum Gasteiger partial charge on any atom is -0.497 e. The maximum Gasteiger partial charge on any atom is 0.144 e. The van der Waals surface area contributed by atoms with Crippen LogP contribution in [-0.4, -0.2) is 7.11 Å². The second-order valence-corrected chi connectivity index (χ2v) is 3.72. The van der Waals surface area contributed by atoms with E-state index >= 15 is 0 Å². The Bertz CT molecular complexity index is 628. The summed E-state index contributed by atoms with van der Waals surface area (Å²) in [5.41, 5.74) is 0.126. The van der Waals surface area contributed by atoms with Crippen LogP contribution in [0.15, 0.2) is 36.4 Å². The smallest absolute Gasteiger partial charge is 0.144 e. The Hall–Kier alpha value is -2.41. The van der Waals surface area contributed by atoms with E-state index in [1.807, 2.05) is 0 Å². The second-order valence-electron chi connectivity index (χ2n) is 3.72. The molecule has 0 saturated carbocycles. The van der Waals surface area contributed by atoms with Crippen molar-refractivity contribution in [3.8, 4) is 17.6 Å². The quantitative estimate of drug-likeness (QED) is 0.714. The van der Waals surface area contributed by atoms with Gasteiger partial charge >= 0.3 is 0 Å². The van der Waals surface area contributed by atoms with E-state index < -0.39 is 23.0 Å². The largest absolute Gasteiger partial charge is 0.497 e. The molecule has 0 aliphatic rings. The summed E-state index contributed by atoms with van der Waals surface area (Å²) >= 11 is 0. The Morgan fingerprint density at radius 2 is 1.47 bits per heavy atom. The van der Waals surface area contributed by atoms with Gasteiger partial charge in [-0.15, -0.1) is 0 Å². The van der Waals surface area contributed by atoms with E-state index in [9.17, 15) is 13.2 Å². The van der Waals surface area contributed by atoms with Crippen LogP contribution in [-0.2, 0) is 0 Å². The lowest BCUT2D eigenvalue weighted by atomic mass is 10.1. The molecule has 1 nitrogen and oxygen atoms in total. The topological polar surface area (TPSA) is 9.23 Å². The van der Waals surface area contributed by atoms with E-state index in [1.165, 1.54) is 7.11 Å². The van der Waals surface area contributed by atoms with Crippen molar-refractivity contribution >= 4 is 0 Å². The van der Waals surface area contributed by atoms with Gasteiger partial charge in [-0.25, -0.2) is 13.2 Å². The number of hydrogen-bond donors (Lipinski definition) is 0. The third-order valence-electron chi connectivity index (χ3n) is 2.43. The van der Waals surface area contributed by atoms with Crippen molar-refractivity contribution in [2.24, 2.45) is 0 Å². The van der Waals surface area contributed by atoms with Crippen molar-refractivity contribution in [3.63, 3.8) is 0 Å². The Labute approximate surface area is 108 Å². The fraction of sp³-hybridized carbons (Fsp3) is 0.0667. The molecule has 0 saturated heterocycles. The highest BCUT2D eigenvalue weighted by Crippen LogP contribution is 2.14. The molecule has 0 aliphatic heterocycles. The third kappa shape index (κ3) is 3.08. The molecule has 0 amide bonds. The molecule has 0 N–H and O–H groups in total. The van der Waals surface area contributed by atoms with Gasteiger partial charge in [0.1, 0.15) is 23.2 Å². The second kappa shape index (κ2) is 5.49. The minimum atomic E-state index is -1.02. The normalized spacial score (nSPS) is 9.68. The molecule has 0 unspecified atom stereocenters. The van der Waals surface area contributed by atoms with Crippen LogP contribution in [0.2, 0.25) is 0 Å². The third-order valence-corrected chi connectivity index (χ3v) is 2.43. The summed E-state index contributed by atoms with van der Waals surface area (Å²) in [7, 11) is 1.53. The summed E-state index contributed by atoms with van der Waals surface area (Å²) in [4.78, 5) is 0. The molecule has 0 aromatic heterocycles. The number of ether oxygens (including phenoxy) is 1. The molecule has 0 bridgehead atoms. The van der Waals surface area contributed by atoms with E-state index in [-0.39, 0.29) is 0 Å². The van der Waals surface area contributed by atoms with E-state index in [2.05, 4.69) is 11.8 Å². The molecule has 0 fully saturated rings. The standard InChI is InChI=1S/C15H9F3O/c1-19-12-5-2-10(3-6-12)4-7-13-14(17)8-11(16)9-15(13)18/h2-3,5-6,8-9H,1H3. The van der Waals surface area contributed by atoms with Gasteiger partial charge in [0.25, 0.3) is 0 Å². The molecule has 0 atom stereocenters. The van der Waals surface area contributed by atoms with Crippen molar-refractivity contribution < 1.29 is 17.9 Å². The molecule has 96 valence electrons. The van der Waals surface area contributed by atoms with Gasteiger partial charge in [-0.05, 0) is 24.3 Å². The molecule has 0 radical (unpaired) electrons. The zero-order valence-electron chi connectivity index (χ0n) is 10.0. The lowest BCUT2D eigenvalue weighted by Crippen LogP contribution is -1.92. The Morgan fingerprint density at radius 1 is 0.895 bits per heavy atom. The van der Waals surface area contributed by atoms with Gasteiger partial charge in [0.15, 0.2) is 0 Å². The lowest BCUT2D eigenvalue weighted by Gasteiger charge is -1.98. The molecular formula is C15H9F3O. The summed E-state index contributed by atoms with van der Waals surface area (Å²) in [5, 5.41) is 0. The Balaban J connectivity index is 2.33. The highest BCUT2D eigenvalue weighted by atomic mass is 19.1. The van der Waals surface area contributed by atoms with Gasteiger partial charge in [0, 0.05) is 17.7 Å². The van der Waals surface area contributed by atoms with Crippen molar-refractivity contribution in [3.05, 3.63) is 65.0 Å². The summed E-state index contributed by atoms with van der Waals surface area (Å²) in [6.45, 7) is 0. The number of rotatable bonds is 1. The van der Waals surface area contributed by atoms with E-state index in [0.29, 0.717) is 23.4 Å². The number of benzene rings is 2. The zero-order valence-corrected chi connectivity index (χ0v) is 10.0. The predicted molar refractivity (Wildman–Crippen MR) is 65.3 cm³/mol. The van der Waals surface area contributed by atoms with Crippen LogP contribution >= 0.6 is 0 Å². The first-order valence-electron chi connectivity index (χ1n) is 5.41. The summed E-state index contributed by atoms with van der Waals surface area (Å²) in [6.07, 6.45) is 0. The fourth-order valence-electron chi connectivity index (χ4n) is 1.47. The van der Waals surface area contributed by atoms with Crippen LogP contribution in [0.5, 0.6) is 5.75 Å². The van der Waals surface area contributed by atoms with Crippen LogP contribution < -0.4 is 4.74 Å². The van der Waals surface area contributed by atoms with Gasteiger partial charge in [0.2, 0.25) is 0 Å². The average molecular weight is 262 g/mol. The molecule has 19 heavy (non-hydrogen) atoms. The van der Waals surface area contributed by atoms with Crippen LogP contribution in [0.4, 0.5) is 13.2 Å². The Morgan fingerprint density at radius 3 is 2.00 bits per heavy atom. The van der Waals surface area contributed by atoms with Gasteiger partial charge in [-0.1, -0.05) is 11.8 Å². The summed E-state index contributed by atoms with van der Waals surface area (Å²) in [6, 6.07) is 7.88. The maximum absolute atomic E-state index is 13.3. The van der Waals surface area contributed by atoms with Crippen LogP contribution in [0.1, 0.15) is 11.1 Å². The highest BCUT2D eigenvalue weighted by Gasteiger charge is 2.08. The molecular weight excluding hydrogens is 253 g/mol. The molecule has 2 aromatic carbocycles. The number of halogens is 3. The molecule has 2 aromatic rings. The average Bonchev–Trinajstić information content (AvgIpc) is 2.38. The van der Waals surface area contributed by atoms with E-state index in [0.717, 1.165) is 0 Å². The Kier molecular flexibility index (Phi) is 3.76. The molecule has 0 heterocycles. The van der Waals surface area contributed by atoms with Gasteiger partial charge in [-0.3, -0.25) is 0 Å². The minimum absolute atomic E-state index is 0.447. The first-order valence-corrected chi connectivity index (χ1v) is 5.41. The first-order chi connectivity index (χ1) is 9.10. The van der Waals surface area contributed by atoms with E-state index in [4.69, 9.17) is 4.74 Å². The van der Waals surface area contributed by atoms with Crippen molar-refractivity contribution in [2.45, 2.75) is 0 Å². The van der Waals surface area contributed by atoms with Crippen LogP contribution in [0.25, 0.3) is 0 Å². The van der Waals surface area contributed by atoms with Gasteiger partial charge in [-0.2, -0.15) is 0 Å². The molecule has 0 aliphatic carbocycles. The summed E-state index contributed by atoms with van der Waals surface area (Å²) in [5.74, 6) is 2.62. The first kappa shape index (κ1) is 13.0. The van der Waals surface area contributed by atoms with Crippen molar-refractivity contribution in [1.82, 2.24) is 0 Å². The van der Waals surface area contributed by atoms with Crippen LogP contribution in [0, 0.1) is 29.3 Å². The molecule has 2 rings (SSSR count). The van der Waals surface area contributed by atoms with Gasteiger partial charge < -0.3 is 4.74 Å². The van der Waals surface area contributed by atoms with Crippen LogP contribution in [0.3, 0.4) is 0 Å². The highest BCUT2D eigenvalue weighted by molar-refractivity contribution is 5.45. The molecule has 0 spiro atoms. The number of hydrogen-bond acceptors (Lipinski definition) is 1. The fourth-order valence-corrected chi connectivity index (χ4v) is 1.47. The SMILES string of the molecule is COc1ccc(C#Cc2c(F)cc(F)cc2F)cc1. The molecule has 4 heteroatoms. The zero-order chi connectivity index (χ0) is 13.8. The van der Waals surface area contributed by atoms with Gasteiger partial charge in [0.05, 0.1) is 12.7 Å². The van der Waals surface area contributed by atoms with E-state index in [1.54, 1.807) is 24.3 Å². The summed E-state index contributed by atoms with van der Waals surface area (Å²) < 4.78 is 44.3. The lowest BCUT2D eigenvalue weighted by molar-refractivity contribution is 0.415. The predicted octanol–water partition coefficient (Wildman–Crippen LogP) is 3.51. The van der Waals surface area contributed by atoms with Crippen molar-refractivity contribution in [1.29, 1.82) is 0 Å². The number of methoxy groups -OCH3 is 1. The monoisotopic (exact) mass is 262 g/mol. The van der Waals surface area contributed by atoms with Crippen molar-refractivity contribution in [2.75, 3.05) is 7.11 Å². The maximum atomic E-state index is 13.3.